The van der Waals surface area contributed by atoms with Crippen molar-refractivity contribution in [2.24, 2.45) is 0 Å². The lowest BCUT2D eigenvalue weighted by Crippen LogP contribution is -2.00. The van der Waals surface area contributed by atoms with Crippen LogP contribution in [-0.2, 0) is 0 Å². The predicted molar refractivity (Wildman–Crippen MR) is 64.2 cm³/mol. The second-order valence-electron chi connectivity index (χ2n) is 3.28. The summed E-state index contributed by atoms with van der Waals surface area (Å²) in [4.78, 5) is 8.10. The fraction of sp³-hybridized carbons (Fsp3) is 0.167. The molecule has 0 radical (unpaired) electrons. The fourth-order valence-electron chi connectivity index (χ4n) is 1.30. The van der Waals surface area contributed by atoms with Gasteiger partial charge in [0.25, 0.3) is 0 Å². The summed E-state index contributed by atoms with van der Waals surface area (Å²) in [5.41, 5.74) is 0.930. The molecule has 0 bridgehead atoms. The average molecular weight is 232 g/mol. The molecule has 0 fully saturated rings. The van der Waals surface area contributed by atoms with Crippen molar-refractivity contribution in [3.8, 4) is 0 Å². The minimum Gasteiger partial charge on any atom is -0.388 e. The minimum atomic E-state index is -0.465. The van der Waals surface area contributed by atoms with Crippen LogP contribution in [0.3, 0.4) is 0 Å². The van der Waals surface area contributed by atoms with E-state index in [1.165, 1.54) is 11.8 Å². The predicted octanol–water partition coefficient (Wildman–Crippen LogP) is 2.30. The zero-order valence-corrected chi connectivity index (χ0v) is 9.47. The molecular formula is C12H12N2OS. The van der Waals surface area contributed by atoms with Gasteiger partial charge in [-0.15, -0.1) is 11.8 Å². The Bertz CT molecular complexity index is 422. The van der Waals surface area contributed by atoms with E-state index in [0.717, 1.165) is 10.6 Å². The van der Waals surface area contributed by atoms with E-state index in [1.807, 2.05) is 30.3 Å². The SMILES string of the molecule is OC(CSc1cnccn1)c1ccccc1. The lowest BCUT2D eigenvalue weighted by molar-refractivity contribution is 0.204. The maximum atomic E-state index is 9.91. The number of hydrogen-bond acceptors (Lipinski definition) is 4. The molecule has 0 aliphatic carbocycles. The van der Waals surface area contributed by atoms with Crippen LogP contribution in [0.2, 0.25) is 0 Å². The van der Waals surface area contributed by atoms with Gasteiger partial charge in [-0.2, -0.15) is 0 Å². The van der Waals surface area contributed by atoms with Crippen LogP contribution in [0, 0.1) is 0 Å². The molecule has 1 aromatic carbocycles. The Labute approximate surface area is 98.6 Å². The highest BCUT2D eigenvalue weighted by Gasteiger charge is 2.07. The van der Waals surface area contributed by atoms with Gasteiger partial charge in [0.1, 0.15) is 5.03 Å². The first-order valence-electron chi connectivity index (χ1n) is 4.98. The number of aliphatic hydroxyl groups is 1. The number of hydrogen-bond donors (Lipinski definition) is 1. The lowest BCUT2D eigenvalue weighted by Gasteiger charge is -2.09. The van der Waals surface area contributed by atoms with Crippen LogP contribution in [0.5, 0.6) is 0 Å². The summed E-state index contributed by atoms with van der Waals surface area (Å²) in [5.74, 6) is 0.586. The normalized spacial score (nSPS) is 12.3. The Morgan fingerprint density at radius 3 is 2.69 bits per heavy atom. The van der Waals surface area contributed by atoms with E-state index < -0.39 is 6.10 Å². The van der Waals surface area contributed by atoms with Crippen LogP contribution in [-0.4, -0.2) is 20.8 Å². The first kappa shape index (κ1) is 11.1. The minimum absolute atomic E-state index is 0.465. The van der Waals surface area contributed by atoms with Crippen LogP contribution in [0.1, 0.15) is 11.7 Å². The second-order valence-corrected chi connectivity index (χ2v) is 4.32. The number of rotatable bonds is 4. The van der Waals surface area contributed by atoms with Gasteiger partial charge in [-0.05, 0) is 5.56 Å². The highest BCUT2D eigenvalue weighted by Crippen LogP contribution is 2.22. The number of benzene rings is 1. The third-order valence-corrected chi connectivity index (χ3v) is 3.10. The third-order valence-electron chi connectivity index (χ3n) is 2.11. The number of aromatic nitrogens is 2. The standard InChI is InChI=1S/C12H12N2OS/c15-11(10-4-2-1-3-5-10)9-16-12-8-13-6-7-14-12/h1-8,11,15H,9H2. The summed E-state index contributed by atoms with van der Waals surface area (Å²) in [5, 5.41) is 10.7. The third kappa shape index (κ3) is 3.05. The molecule has 82 valence electrons. The maximum absolute atomic E-state index is 9.91. The van der Waals surface area contributed by atoms with E-state index >= 15 is 0 Å². The molecule has 0 amide bonds. The van der Waals surface area contributed by atoms with Crippen molar-refractivity contribution in [1.82, 2.24) is 9.97 Å². The van der Waals surface area contributed by atoms with Gasteiger partial charge < -0.3 is 5.11 Å². The molecule has 1 atom stereocenters. The molecule has 0 saturated carbocycles. The van der Waals surface area contributed by atoms with Crippen LogP contribution < -0.4 is 0 Å². The van der Waals surface area contributed by atoms with E-state index in [0.29, 0.717) is 5.75 Å². The second kappa shape index (κ2) is 5.63. The molecule has 0 aliphatic heterocycles. The van der Waals surface area contributed by atoms with Gasteiger partial charge in [-0.25, -0.2) is 4.98 Å². The van der Waals surface area contributed by atoms with Crippen molar-refractivity contribution >= 4 is 11.8 Å². The summed E-state index contributed by atoms with van der Waals surface area (Å²) in [7, 11) is 0. The molecule has 3 nitrogen and oxygen atoms in total. The number of nitrogens with zero attached hydrogens (tertiary/aromatic N) is 2. The Morgan fingerprint density at radius 1 is 1.19 bits per heavy atom. The van der Waals surface area contributed by atoms with Gasteiger partial charge in [0.15, 0.2) is 0 Å². The number of aliphatic hydroxyl groups excluding tert-OH is 1. The quantitative estimate of drug-likeness (QED) is 0.822. The van der Waals surface area contributed by atoms with Crippen molar-refractivity contribution in [3.05, 3.63) is 54.5 Å². The smallest absolute Gasteiger partial charge is 0.114 e. The van der Waals surface area contributed by atoms with Crippen LogP contribution in [0.15, 0.2) is 53.9 Å². The van der Waals surface area contributed by atoms with Crippen molar-refractivity contribution in [2.75, 3.05) is 5.75 Å². The summed E-state index contributed by atoms with van der Waals surface area (Å²) in [6.07, 6.45) is 4.52. The van der Waals surface area contributed by atoms with Crippen molar-refractivity contribution in [1.29, 1.82) is 0 Å². The summed E-state index contributed by atoms with van der Waals surface area (Å²) in [6, 6.07) is 9.62. The molecule has 1 heterocycles. The molecule has 0 aliphatic rings. The molecule has 1 aromatic heterocycles. The molecule has 0 saturated heterocycles. The molecule has 16 heavy (non-hydrogen) atoms. The largest absolute Gasteiger partial charge is 0.388 e. The Hall–Kier alpha value is -1.39. The average Bonchev–Trinajstić information content (AvgIpc) is 2.38. The van der Waals surface area contributed by atoms with Gasteiger partial charge in [0, 0.05) is 18.1 Å². The first-order chi connectivity index (χ1) is 7.86. The molecule has 0 spiro atoms. The molecule has 2 rings (SSSR count). The van der Waals surface area contributed by atoms with Crippen LogP contribution in [0.25, 0.3) is 0 Å². The van der Waals surface area contributed by atoms with E-state index in [4.69, 9.17) is 0 Å². The van der Waals surface area contributed by atoms with Gasteiger partial charge in [0.2, 0.25) is 0 Å². The highest BCUT2D eigenvalue weighted by molar-refractivity contribution is 7.99. The molecule has 4 heteroatoms. The monoisotopic (exact) mass is 232 g/mol. The Morgan fingerprint density at radius 2 is 2.00 bits per heavy atom. The van der Waals surface area contributed by atoms with Crippen LogP contribution >= 0.6 is 11.8 Å². The van der Waals surface area contributed by atoms with Crippen LogP contribution in [0.4, 0.5) is 0 Å². The maximum Gasteiger partial charge on any atom is 0.114 e. The van der Waals surface area contributed by atoms with Gasteiger partial charge in [-0.3, -0.25) is 4.98 Å². The van der Waals surface area contributed by atoms with Gasteiger partial charge in [0.05, 0.1) is 12.3 Å². The van der Waals surface area contributed by atoms with Crippen molar-refractivity contribution < 1.29 is 5.11 Å². The first-order valence-corrected chi connectivity index (χ1v) is 5.96. The van der Waals surface area contributed by atoms with Gasteiger partial charge in [-0.1, -0.05) is 30.3 Å². The molecule has 1 N–H and O–H groups in total. The zero-order chi connectivity index (χ0) is 11.2. The fourth-order valence-corrected chi connectivity index (χ4v) is 2.09. The van der Waals surface area contributed by atoms with Crippen molar-refractivity contribution in [3.63, 3.8) is 0 Å². The molecule has 1 unspecified atom stereocenters. The van der Waals surface area contributed by atoms with Crippen molar-refractivity contribution in [2.45, 2.75) is 11.1 Å². The van der Waals surface area contributed by atoms with E-state index in [2.05, 4.69) is 9.97 Å². The Balaban J connectivity index is 1.92. The Kier molecular flexibility index (Phi) is 3.91. The summed E-state index contributed by atoms with van der Waals surface area (Å²) < 4.78 is 0. The zero-order valence-electron chi connectivity index (χ0n) is 8.65. The highest BCUT2D eigenvalue weighted by atomic mass is 32.2. The van der Waals surface area contributed by atoms with Gasteiger partial charge >= 0.3 is 0 Å². The van der Waals surface area contributed by atoms with E-state index in [1.54, 1.807) is 18.6 Å². The summed E-state index contributed by atoms with van der Waals surface area (Å²) in [6.45, 7) is 0. The molecular weight excluding hydrogens is 220 g/mol. The molecule has 2 aromatic rings. The summed E-state index contributed by atoms with van der Waals surface area (Å²) >= 11 is 1.50. The number of thioether (sulfide) groups is 1. The van der Waals surface area contributed by atoms with E-state index in [-0.39, 0.29) is 0 Å². The lowest BCUT2D eigenvalue weighted by atomic mass is 10.1. The van der Waals surface area contributed by atoms with E-state index in [9.17, 15) is 5.11 Å². The topological polar surface area (TPSA) is 46.0 Å².